The zero-order valence-electron chi connectivity index (χ0n) is 11.7. The number of unbranched alkanes of at least 4 members (excludes halogenated alkanes) is 2. The van der Waals surface area contributed by atoms with E-state index in [0.29, 0.717) is 0 Å². The Morgan fingerprint density at radius 1 is 1.37 bits per heavy atom. The minimum atomic E-state index is -0.326. The third-order valence-corrected chi connectivity index (χ3v) is 2.80. The number of carbonyl (C=O) groups excluding carboxylic acids is 1. The predicted molar refractivity (Wildman–Crippen MR) is 77.2 cm³/mol. The SMILES string of the molecule is CCCCCOc1cccc(CCNCC(N)=O)c1. The van der Waals surface area contributed by atoms with Crippen molar-refractivity contribution in [1.29, 1.82) is 0 Å². The fourth-order valence-electron chi connectivity index (χ4n) is 1.78. The Morgan fingerprint density at radius 3 is 2.95 bits per heavy atom. The largest absolute Gasteiger partial charge is 0.494 e. The van der Waals surface area contributed by atoms with Gasteiger partial charge in [0.15, 0.2) is 0 Å². The van der Waals surface area contributed by atoms with Crippen LogP contribution in [0.5, 0.6) is 5.75 Å². The molecule has 0 aliphatic carbocycles. The summed E-state index contributed by atoms with van der Waals surface area (Å²) in [6.45, 7) is 3.92. The van der Waals surface area contributed by atoms with Gasteiger partial charge >= 0.3 is 0 Å². The van der Waals surface area contributed by atoms with Crippen LogP contribution in [-0.2, 0) is 11.2 Å². The van der Waals surface area contributed by atoms with Crippen LogP contribution < -0.4 is 15.8 Å². The molecule has 0 saturated carbocycles. The lowest BCUT2D eigenvalue weighted by Crippen LogP contribution is -2.29. The molecule has 0 unspecified atom stereocenters. The van der Waals surface area contributed by atoms with E-state index in [1.54, 1.807) is 0 Å². The maximum Gasteiger partial charge on any atom is 0.231 e. The van der Waals surface area contributed by atoms with Crippen LogP contribution in [0.4, 0.5) is 0 Å². The molecule has 0 aliphatic heterocycles. The quantitative estimate of drug-likeness (QED) is 0.634. The lowest BCUT2D eigenvalue weighted by atomic mass is 10.1. The zero-order chi connectivity index (χ0) is 13.9. The summed E-state index contributed by atoms with van der Waals surface area (Å²) >= 11 is 0. The Morgan fingerprint density at radius 2 is 2.21 bits per heavy atom. The van der Waals surface area contributed by atoms with Gasteiger partial charge in [-0.1, -0.05) is 31.9 Å². The highest BCUT2D eigenvalue weighted by molar-refractivity contribution is 5.75. The average Bonchev–Trinajstić information content (AvgIpc) is 2.40. The van der Waals surface area contributed by atoms with E-state index in [1.165, 1.54) is 18.4 Å². The molecule has 0 heterocycles. The van der Waals surface area contributed by atoms with Gasteiger partial charge < -0.3 is 15.8 Å². The molecule has 0 aliphatic rings. The summed E-state index contributed by atoms with van der Waals surface area (Å²) in [5.74, 6) is 0.594. The van der Waals surface area contributed by atoms with Gasteiger partial charge in [-0.05, 0) is 37.1 Å². The fourth-order valence-corrected chi connectivity index (χ4v) is 1.78. The normalized spacial score (nSPS) is 10.4. The molecule has 4 nitrogen and oxygen atoms in total. The smallest absolute Gasteiger partial charge is 0.231 e. The van der Waals surface area contributed by atoms with Crippen molar-refractivity contribution >= 4 is 5.91 Å². The number of hydrogen-bond acceptors (Lipinski definition) is 3. The van der Waals surface area contributed by atoms with Crippen LogP contribution >= 0.6 is 0 Å². The van der Waals surface area contributed by atoms with Gasteiger partial charge in [-0.15, -0.1) is 0 Å². The number of carbonyl (C=O) groups is 1. The lowest BCUT2D eigenvalue weighted by Gasteiger charge is -2.08. The molecule has 0 fully saturated rings. The topological polar surface area (TPSA) is 64.3 Å². The first kappa shape index (κ1) is 15.5. The molecule has 0 bridgehead atoms. The van der Waals surface area contributed by atoms with E-state index < -0.39 is 0 Å². The van der Waals surface area contributed by atoms with Crippen LogP contribution in [-0.4, -0.2) is 25.6 Å². The highest BCUT2D eigenvalue weighted by Gasteiger charge is 1.98. The van der Waals surface area contributed by atoms with Gasteiger partial charge in [0.1, 0.15) is 5.75 Å². The van der Waals surface area contributed by atoms with Crippen LogP contribution in [0.15, 0.2) is 24.3 Å². The van der Waals surface area contributed by atoms with Crippen molar-refractivity contribution in [3.8, 4) is 5.75 Å². The molecule has 0 radical (unpaired) electrons. The van der Waals surface area contributed by atoms with Gasteiger partial charge in [0, 0.05) is 0 Å². The number of amides is 1. The van der Waals surface area contributed by atoms with Crippen LogP contribution in [0, 0.1) is 0 Å². The number of nitrogens with two attached hydrogens (primary N) is 1. The van der Waals surface area contributed by atoms with Gasteiger partial charge in [-0.2, -0.15) is 0 Å². The Bertz CT molecular complexity index is 380. The maximum atomic E-state index is 10.6. The van der Waals surface area contributed by atoms with Crippen molar-refractivity contribution in [1.82, 2.24) is 5.32 Å². The molecule has 0 saturated heterocycles. The van der Waals surface area contributed by atoms with E-state index in [9.17, 15) is 4.79 Å². The summed E-state index contributed by atoms with van der Waals surface area (Å²) < 4.78 is 5.70. The lowest BCUT2D eigenvalue weighted by molar-refractivity contribution is -0.117. The molecular weight excluding hydrogens is 240 g/mol. The summed E-state index contributed by atoms with van der Waals surface area (Å²) in [6.07, 6.45) is 4.37. The minimum Gasteiger partial charge on any atom is -0.494 e. The third-order valence-electron chi connectivity index (χ3n) is 2.80. The second-order valence-corrected chi connectivity index (χ2v) is 4.60. The van der Waals surface area contributed by atoms with Crippen LogP contribution in [0.1, 0.15) is 31.7 Å². The van der Waals surface area contributed by atoms with Gasteiger partial charge in [0.05, 0.1) is 13.2 Å². The summed E-state index contributed by atoms with van der Waals surface area (Å²) in [4.78, 5) is 10.6. The second kappa shape index (κ2) is 9.39. The van der Waals surface area contributed by atoms with E-state index in [0.717, 1.165) is 31.7 Å². The Kier molecular flexibility index (Phi) is 7.66. The van der Waals surface area contributed by atoms with E-state index >= 15 is 0 Å². The summed E-state index contributed by atoms with van der Waals surface area (Å²) in [6, 6.07) is 8.09. The molecule has 1 rings (SSSR count). The molecule has 0 aromatic heterocycles. The van der Waals surface area contributed by atoms with E-state index in [-0.39, 0.29) is 12.5 Å². The minimum absolute atomic E-state index is 0.229. The van der Waals surface area contributed by atoms with Crippen molar-refractivity contribution in [2.45, 2.75) is 32.6 Å². The van der Waals surface area contributed by atoms with Crippen LogP contribution in [0.3, 0.4) is 0 Å². The highest BCUT2D eigenvalue weighted by Crippen LogP contribution is 2.14. The van der Waals surface area contributed by atoms with Crippen molar-refractivity contribution in [2.75, 3.05) is 19.7 Å². The Hall–Kier alpha value is -1.55. The van der Waals surface area contributed by atoms with E-state index in [1.807, 2.05) is 12.1 Å². The summed E-state index contributed by atoms with van der Waals surface area (Å²) in [5.41, 5.74) is 6.25. The first-order valence-corrected chi connectivity index (χ1v) is 6.93. The highest BCUT2D eigenvalue weighted by atomic mass is 16.5. The maximum absolute atomic E-state index is 10.6. The molecule has 106 valence electrons. The standard InChI is InChI=1S/C15H24N2O2/c1-2-3-4-10-19-14-7-5-6-13(11-14)8-9-17-12-15(16)18/h5-7,11,17H,2-4,8-10,12H2,1H3,(H2,16,18). The molecule has 1 aromatic rings. The van der Waals surface area contributed by atoms with Crippen molar-refractivity contribution in [2.24, 2.45) is 5.73 Å². The van der Waals surface area contributed by atoms with Gasteiger partial charge in [0.2, 0.25) is 5.91 Å². The number of ether oxygens (including phenoxy) is 1. The van der Waals surface area contributed by atoms with E-state index in [2.05, 4.69) is 24.4 Å². The number of primary amides is 1. The molecular formula is C15H24N2O2. The Labute approximate surface area is 115 Å². The van der Waals surface area contributed by atoms with Gasteiger partial charge in [-0.25, -0.2) is 0 Å². The fraction of sp³-hybridized carbons (Fsp3) is 0.533. The van der Waals surface area contributed by atoms with Crippen molar-refractivity contribution in [3.05, 3.63) is 29.8 Å². The third kappa shape index (κ3) is 7.47. The average molecular weight is 264 g/mol. The first-order chi connectivity index (χ1) is 9.22. The molecule has 19 heavy (non-hydrogen) atoms. The number of rotatable bonds is 10. The molecule has 1 aromatic carbocycles. The van der Waals surface area contributed by atoms with Crippen LogP contribution in [0.25, 0.3) is 0 Å². The first-order valence-electron chi connectivity index (χ1n) is 6.93. The number of nitrogens with one attached hydrogen (secondary N) is 1. The molecule has 3 N–H and O–H groups in total. The van der Waals surface area contributed by atoms with Gasteiger partial charge in [0.25, 0.3) is 0 Å². The van der Waals surface area contributed by atoms with Gasteiger partial charge in [-0.3, -0.25) is 4.79 Å². The molecule has 0 atom stereocenters. The second-order valence-electron chi connectivity index (χ2n) is 4.60. The molecule has 4 heteroatoms. The molecule has 0 spiro atoms. The monoisotopic (exact) mass is 264 g/mol. The predicted octanol–water partition coefficient (Wildman–Crippen LogP) is 1.87. The summed E-state index contributed by atoms with van der Waals surface area (Å²) in [7, 11) is 0. The number of hydrogen-bond donors (Lipinski definition) is 2. The summed E-state index contributed by atoms with van der Waals surface area (Å²) in [5, 5.41) is 3.00. The number of benzene rings is 1. The van der Waals surface area contributed by atoms with Crippen molar-refractivity contribution < 1.29 is 9.53 Å². The zero-order valence-corrected chi connectivity index (χ0v) is 11.7. The van der Waals surface area contributed by atoms with E-state index in [4.69, 9.17) is 10.5 Å². The molecule has 1 amide bonds. The van der Waals surface area contributed by atoms with Crippen molar-refractivity contribution in [3.63, 3.8) is 0 Å². The van der Waals surface area contributed by atoms with Crippen LogP contribution in [0.2, 0.25) is 0 Å². The Balaban J connectivity index is 2.28.